The molecule has 0 aliphatic rings. The topological polar surface area (TPSA) is 109 Å². The number of rotatable bonds is 2. The fraction of sp³-hybridized carbons (Fsp3) is 1.00. The van der Waals surface area contributed by atoms with E-state index in [0.717, 1.165) is 0 Å². The first kappa shape index (κ1) is 18.6. The van der Waals surface area contributed by atoms with E-state index in [2.05, 4.69) is 0 Å². The Morgan fingerprint density at radius 3 is 1.00 bits per heavy atom. The maximum absolute atomic E-state index is 9.66. The molecule has 0 atom stereocenters. The maximum Gasteiger partial charge on any atom is 0.281 e. The molecule has 11 heavy (non-hydrogen) atoms. The van der Waals surface area contributed by atoms with Crippen LogP contribution in [0.1, 0.15) is 0 Å². The molecule has 0 aliphatic carbocycles. The Kier molecular flexibility index (Phi) is 10.6. The standard InChI is InChI=1S/CH4O6S2.2Na/c2-8(3,4)1-9(5,6)7;;/h1H2,(H,2,3,4)(H,5,6,7);;. The van der Waals surface area contributed by atoms with E-state index < -0.39 is 25.3 Å². The smallest absolute Gasteiger partial charge is 0.281 e. The second-order valence-electron chi connectivity index (χ2n) is 1.28. The summed E-state index contributed by atoms with van der Waals surface area (Å²) < 4.78 is 54.2. The van der Waals surface area contributed by atoms with Gasteiger partial charge in [-0.15, -0.1) is 0 Å². The molecule has 58 valence electrons. The second kappa shape index (κ2) is 6.30. The van der Waals surface area contributed by atoms with Crippen molar-refractivity contribution in [1.29, 1.82) is 0 Å². The van der Waals surface area contributed by atoms with Crippen molar-refractivity contribution in [2.45, 2.75) is 0 Å². The van der Waals surface area contributed by atoms with Crippen LogP contribution < -0.4 is 0 Å². The molecule has 0 fully saturated rings. The maximum atomic E-state index is 9.66. The van der Waals surface area contributed by atoms with Gasteiger partial charge >= 0.3 is 0 Å². The van der Waals surface area contributed by atoms with Gasteiger partial charge in [-0.3, -0.25) is 9.11 Å². The summed E-state index contributed by atoms with van der Waals surface area (Å²) in [6.07, 6.45) is 0. The molecular formula is CH4Na2O6S2. The summed E-state index contributed by atoms with van der Waals surface area (Å²) in [7, 11) is -9.24. The molecule has 0 bridgehead atoms. The van der Waals surface area contributed by atoms with Crippen molar-refractivity contribution in [1.82, 2.24) is 0 Å². The summed E-state index contributed by atoms with van der Waals surface area (Å²) in [4.78, 5) is 0. The Labute approximate surface area is 109 Å². The van der Waals surface area contributed by atoms with Crippen LogP contribution >= 0.6 is 0 Å². The van der Waals surface area contributed by atoms with Gasteiger partial charge in [0.1, 0.15) is 0 Å². The van der Waals surface area contributed by atoms with Crippen LogP contribution in [-0.2, 0) is 20.2 Å². The van der Waals surface area contributed by atoms with E-state index in [-0.39, 0.29) is 59.1 Å². The Bertz CT molecular complexity index is 244. The van der Waals surface area contributed by atoms with Gasteiger partial charge in [-0.2, -0.15) is 16.8 Å². The molecule has 0 saturated carbocycles. The van der Waals surface area contributed by atoms with Gasteiger partial charge in [0.15, 0.2) is 0 Å². The van der Waals surface area contributed by atoms with Crippen molar-refractivity contribution in [3.63, 3.8) is 0 Å². The Morgan fingerprint density at radius 2 is 1.00 bits per heavy atom. The van der Waals surface area contributed by atoms with Crippen molar-refractivity contribution in [2.75, 3.05) is 5.08 Å². The van der Waals surface area contributed by atoms with E-state index in [0.29, 0.717) is 0 Å². The molecule has 0 aromatic carbocycles. The summed E-state index contributed by atoms with van der Waals surface area (Å²) in [6, 6.07) is 0. The summed E-state index contributed by atoms with van der Waals surface area (Å²) in [6.45, 7) is 0. The van der Waals surface area contributed by atoms with Gasteiger partial charge in [0.05, 0.1) is 0 Å². The molecule has 0 aromatic rings. The summed E-state index contributed by atoms with van der Waals surface area (Å²) >= 11 is 0. The minimum absolute atomic E-state index is 0. The molecule has 2 radical (unpaired) electrons. The van der Waals surface area contributed by atoms with Gasteiger partial charge < -0.3 is 0 Å². The fourth-order valence-corrected chi connectivity index (χ4v) is 1.69. The van der Waals surface area contributed by atoms with E-state index >= 15 is 0 Å². The van der Waals surface area contributed by atoms with Gasteiger partial charge in [0.2, 0.25) is 5.08 Å². The van der Waals surface area contributed by atoms with Crippen molar-refractivity contribution >= 4 is 79.4 Å². The van der Waals surface area contributed by atoms with Crippen LogP contribution in [0.5, 0.6) is 0 Å². The summed E-state index contributed by atoms with van der Waals surface area (Å²) in [5.41, 5.74) is 0. The predicted octanol–water partition coefficient (Wildman–Crippen LogP) is -2.04. The summed E-state index contributed by atoms with van der Waals surface area (Å²) in [5.74, 6) is 0. The molecule has 0 heterocycles. The molecule has 0 unspecified atom stereocenters. The van der Waals surface area contributed by atoms with Gasteiger partial charge in [-0.25, -0.2) is 0 Å². The Morgan fingerprint density at radius 1 is 0.818 bits per heavy atom. The average molecular weight is 222 g/mol. The van der Waals surface area contributed by atoms with Crippen LogP contribution in [-0.4, -0.2) is 90.1 Å². The molecule has 0 aliphatic heterocycles. The Hall–Kier alpha value is 1.82. The third kappa shape index (κ3) is 18.6. The molecule has 2 N–H and O–H groups in total. The van der Waals surface area contributed by atoms with Gasteiger partial charge in [0.25, 0.3) is 20.2 Å². The number of hydrogen-bond acceptors (Lipinski definition) is 4. The molecule has 0 rings (SSSR count). The molecule has 0 amide bonds. The zero-order chi connectivity index (χ0) is 7.71. The molecule has 10 heteroatoms. The van der Waals surface area contributed by atoms with E-state index in [1.54, 1.807) is 0 Å². The largest absolute Gasteiger partial charge is 0.285 e. The van der Waals surface area contributed by atoms with Crippen LogP contribution in [0.25, 0.3) is 0 Å². The monoisotopic (exact) mass is 222 g/mol. The zero-order valence-electron chi connectivity index (χ0n) is 6.05. The first-order valence-corrected chi connectivity index (χ1v) is 4.83. The average Bonchev–Trinajstić information content (AvgIpc) is 1.14. The van der Waals surface area contributed by atoms with E-state index in [1.807, 2.05) is 0 Å². The van der Waals surface area contributed by atoms with Gasteiger partial charge in [-0.05, 0) is 0 Å². The molecule has 0 saturated heterocycles. The van der Waals surface area contributed by atoms with Crippen molar-refractivity contribution in [3.05, 3.63) is 0 Å². The van der Waals surface area contributed by atoms with Crippen molar-refractivity contribution in [3.8, 4) is 0 Å². The fourth-order valence-electron chi connectivity index (χ4n) is 0.188. The molecular weight excluding hydrogens is 218 g/mol. The quantitative estimate of drug-likeness (QED) is 0.411. The van der Waals surface area contributed by atoms with Crippen molar-refractivity contribution in [2.24, 2.45) is 0 Å². The third-order valence-corrected chi connectivity index (χ3v) is 2.68. The zero-order valence-corrected chi connectivity index (χ0v) is 11.7. The second-order valence-corrected chi connectivity index (χ2v) is 4.55. The minimum Gasteiger partial charge on any atom is -0.285 e. The Balaban J connectivity index is -0.000000320. The third-order valence-electron chi connectivity index (χ3n) is 0.298. The first-order chi connectivity index (χ1) is 3.71. The van der Waals surface area contributed by atoms with Crippen LogP contribution in [0.4, 0.5) is 0 Å². The van der Waals surface area contributed by atoms with Crippen LogP contribution in [0.2, 0.25) is 0 Å². The van der Waals surface area contributed by atoms with E-state index in [4.69, 9.17) is 9.11 Å². The normalized spacial score (nSPS) is 11.1. The van der Waals surface area contributed by atoms with Gasteiger partial charge in [0, 0.05) is 59.1 Å². The van der Waals surface area contributed by atoms with Crippen molar-refractivity contribution < 1.29 is 25.9 Å². The summed E-state index contributed by atoms with van der Waals surface area (Å²) in [5, 5.41) is -1.65. The van der Waals surface area contributed by atoms with Crippen LogP contribution in [0.15, 0.2) is 0 Å². The van der Waals surface area contributed by atoms with E-state index in [1.165, 1.54) is 0 Å². The first-order valence-electron chi connectivity index (χ1n) is 1.61. The number of hydrogen-bond donors (Lipinski definition) is 2. The molecule has 6 nitrogen and oxygen atoms in total. The molecule has 0 spiro atoms. The van der Waals surface area contributed by atoms with E-state index in [9.17, 15) is 16.8 Å². The van der Waals surface area contributed by atoms with Gasteiger partial charge in [-0.1, -0.05) is 0 Å². The van der Waals surface area contributed by atoms with Crippen LogP contribution in [0.3, 0.4) is 0 Å². The predicted molar refractivity (Wildman–Crippen MR) is 39.5 cm³/mol. The minimum atomic E-state index is -4.62. The molecule has 0 aromatic heterocycles. The SMILES string of the molecule is O=S(=O)(O)CS(=O)(=O)O.[Na].[Na]. The van der Waals surface area contributed by atoms with Crippen LogP contribution in [0, 0.1) is 0 Å².